The number of hydrogen-bond donors (Lipinski definition) is 0. The molecule has 0 heterocycles. The van der Waals surface area contributed by atoms with Crippen molar-refractivity contribution in [1.29, 1.82) is 0 Å². The van der Waals surface area contributed by atoms with Crippen LogP contribution in [0.3, 0.4) is 0 Å². The fourth-order valence-electron chi connectivity index (χ4n) is 2.64. The molecule has 0 N–H and O–H groups in total. The molecule has 84 valence electrons. The van der Waals surface area contributed by atoms with Gasteiger partial charge in [0, 0.05) is 0 Å². The second-order valence-electron chi connectivity index (χ2n) is 6.17. The van der Waals surface area contributed by atoms with Gasteiger partial charge in [-0.25, -0.2) is 0 Å². The van der Waals surface area contributed by atoms with Gasteiger partial charge in [-0.2, -0.15) is 0 Å². The van der Waals surface area contributed by atoms with Crippen LogP contribution in [-0.2, 0) is 0 Å². The van der Waals surface area contributed by atoms with Crippen molar-refractivity contribution in [3.8, 4) is 0 Å². The molecule has 1 rings (SSSR count). The molecule has 0 spiro atoms. The largest absolute Gasteiger partial charge is 0.0654 e. The van der Waals surface area contributed by atoms with Crippen LogP contribution in [-0.4, -0.2) is 0 Å². The maximum absolute atomic E-state index is 2.40. The first-order valence-corrected chi connectivity index (χ1v) is 6.55. The van der Waals surface area contributed by atoms with Crippen LogP contribution in [0.15, 0.2) is 0 Å². The smallest absolute Gasteiger partial charge is 0.0334 e. The van der Waals surface area contributed by atoms with E-state index in [0.717, 1.165) is 11.8 Å². The van der Waals surface area contributed by atoms with Crippen LogP contribution >= 0.6 is 0 Å². The zero-order valence-corrected chi connectivity index (χ0v) is 10.6. The molecule has 0 aromatic carbocycles. The van der Waals surface area contributed by atoms with Crippen LogP contribution in [0.5, 0.6) is 0 Å². The standard InChI is InChI=1S/C14H28/c1-5-6-7-8-9-10-12-11-13(12)14(2,3)4/h12-13H,5-11H2,1-4H3. The van der Waals surface area contributed by atoms with Gasteiger partial charge in [0.1, 0.15) is 0 Å². The van der Waals surface area contributed by atoms with E-state index in [1.165, 1.54) is 44.9 Å². The van der Waals surface area contributed by atoms with Gasteiger partial charge in [0.2, 0.25) is 0 Å². The summed E-state index contributed by atoms with van der Waals surface area (Å²) in [5.41, 5.74) is 0.577. The fourth-order valence-corrected chi connectivity index (χ4v) is 2.64. The van der Waals surface area contributed by atoms with Crippen molar-refractivity contribution in [3.05, 3.63) is 0 Å². The predicted molar refractivity (Wildman–Crippen MR) is 64.4 cm³/mol. The van der Waals surface area contributed by atoms with Crippen molar-refractivity contribution in [1.82, 2.24) is 0 Å². The summed E-state index contributed by atoms with van der Waals surface area (Å²) in [6.07, 6.45) is 10.2. The van der Waals surface area contributed by atoms with Crippen molar-refractivity contribution >= 4 is 0 Å². The molecule has 0 heteroatoms. The molecule has 1 fully saturated rings. The van der Waals surface area contributed by atoms with Gasteiger partial charge in [0.15, 0.2) is 0 Å². The number of hydrogen-bond acceptors (Lipinski definition) is 0. The van der Waals surface area contributed by atoms with E-state index in [1.54, 1.807) is 0 Å². The van der Waals surface area contributed by atoms with Gasteiger partial charge in [0.25, 0.3) is 0 Å². The first kappa shape index (κ1) is 12.1. The van der Waals surface area contributed by atoms with Gasteiger partial charge in [-0.3, -0.25) is 0 Å². The van der Waals surface area contributed by atoms with Crippen LogP contribution in [0, 0.1) is 17.3 Å². The minimum absolute atomic E-state index is 0.577. The van der Waals surface area contributed by atoms with E-state index in [1.807, 2.05) is 0 Å². The summed E-state index contributed by atoms with van der Waals surface area (Å²) < 4.78 is 0. The lowest BCUT2D eigenvalue weighted by molar-refractivity contribution is 0.323. The average molecular weight is 196 g/mol. The quantitative estimate of drug-likeness (QED) is 0.523. The molecule has 0 aliphatic heterocycles. The third kappa shape index (κ3) is 4.02. The Morgan fingerprint density at radius 3 is 2.14 bits per heavy atom. The molecule has 0 radical (unpaired) electrons. The molecule has 0 saturated heterocycles. The van der Waals surface area contributed by atoms with Gasteiger partial charge in [0.05, 0.1) is 0 Å². The second-order valence-corrected chi connectivity index (χ2v) is 6.17. The monoisotopic (exact) mass is 196 g/mol. The fraction of sp³-hybridized carbons (Fsp3) is 1.00. The van der Waals surface area contributed by atoms with Gasteiger partial charge in [-0.1, -0.05) is 66.2 Å². The van der Waals surface area contributed by atoms with E-state index >= 15 is 0 Å². The first-order valence-electron chi connectivity index (χ1n) is 6.55. The molecule has 0 nitrogen and oxygen atoms in total. The van der Waals surface area contributed by atoms with Crippen molar-refractivity contribution in [2.75, 3.05) is 0 Å². The first-order chi connectivity index (χ1) is 6.55. The Morgan fingerprint density at radius 1 is 1.00 bits per heavy atom. The lowest BCUT2D eigenvalue weighted by atomic mass is 9.88. The average Bonchev–Trinajstić information content (AvgIpc) is 2.82. The zero-order chi connectivity index (χ0) is 10.6. The molecule has 1 saturated carbocycles. The molecule has 0 amide bonds. The topological polar surface area (TPSA) is 0 Å². The molecule has 0 aromatic rings. The summed E-state index contributed by atoms with van der Waals surface area (Å²) in [6, 6.07) is 0. The van der Waals surface area contributed by atoms with Crippen molar-refractivity contribution < 1.29 is 0 Å². The Labute approximate surface area is 90.5 Å². The Hall–Kier alpha value is 0. The van der Waals surface area contributed by atoms with Crippen molar-refractivity contribution in [2.24, 2.45) is 17.3 Å². The molecule has 1 aliphatic rings. The zero-order valence-electron chi connectivity index (χ0n) is 10.6. The summed E-state index contributed by atoms with van der Waals surface area (Å²) >= 11 is 0. The molecule has 1 aliphatic carbocycles. The van der Waals surface area contributed by atoms with E-state index in [4.69, 9.17) is 0 Å². The lowest BCUT2D eigenvalue weighted by Gasteiger charge is -2.17. The normalized spacial score (nSPS) is 26.6. The Morgan fingerprint density at radius 2 is 1.64 bits per heavy atom. The third-order valence-electron chi connectivity index (χ3n) is 3.71. The molecule has 0 aromatic heterocycles. The highest BCUT2D eigenvalue weighted by molar-refractivity contribution is 4.93. The minimum Gasteiger partial charge on any atom is -0.0654 e. The lowest BCUT2D eigenvalue weighted by Crippen LogP contribution is -2.09. The van der Waals surface area contributed by atoms with Crippen LogP contribution in [0.25, 0.3) is 0 Å². The number of rotatable bonds is 6. The van der Waals surface area contributed by atoms with Crippen LogP contribution < -0.4 is 0 Å². The Bertz CT molecular complexity index is 152. The van der Waals surface area contributed by atoms with Crippen LogP contribution in [0.2, 0.25) is 0 Å². The highest BCUT2D eigenvalue weighted by Crippen LogP contribution is 2.52. The highest BCUT2D eigenvalue weighted by atomic mass is 14.5. The maximum Gasteiger partial charge on any atom is -0.0334 e. The van der Waals surface area contributed by atoms with Gasteiger partial charge in [-0.15, -0.1) is 0 Å². The summed E-state index contributed by atoms with van der Waals surface area (Å²) in [6.45, 7) is 9.48. The minimum atomic E-state index is 0.577. The highest BCUT2D eigenvalue weighted by Gasteiger charge is 2.43. The SMILES string of the molecule is CCCCCCCC1CC1C(C)(C)C. The molecule has 2 unspecified atom stereocenters. The Balaban J connectivity index is 1.96. The van der Waals surface area contributed by atoms with E-state index in [0.29, 0.717) is 5.41 Å². The summed E-state index contributed by atoms with van der Waals surface area (Å²) in [4.78, 5) is 0. The van der Waals surface area contributed by atoms with E-state index in [9.17, 15) is 0 Å². The van der Waals surface area contributed by atoms with E-state index < -0.39 is 0 Å². The van der Waals surface area contributed by atoms with Gasteiger partial charge in [-0.05, 0) is 23.7 Å². The van der Waals surface area contributed by atoms with Crippen molar-refractivity contribution in [2.45, 2.75) is 72.6 Å². The molecule has 0 bridgehead atoms. The second kappa shape index (κ2) is 5.19. The van der Waals surface area contributed by atoms with Crippen LogP contribution in [0.4, 0.5) is 0 Å². The van der Waals surface area contributed by atoms with E-state index in [-0.39, 0.29) is 0 Å². The maximum atomic E-state index is 2.40. The molecular weight excluding hydrogens is 168 g/mol. The van der Waals surface area contributed by atoms with Crippen LogP contribution in [0.1, 0.15) is 72.6 Å². The summed E-state index contributed by atoms with van der Waals surface area (Å²) in [5, 5.41) is 0. The summed E-state index contributed by atoms with van der Waals surface area (Å²) in [7, 11) is 0. The van der Waals surface area contributed by atoms with E-state index in [2.05, 4.69) is 27.7 Å². The van der Waals surface area contributed by atoms with Gasteiger partial charge < -0.3 is 0 Å². The van der Waals surface area contributed by atoms with Crippen molar-refractivity contribution in [3.63, 3.8) is 0 Å². The molecule has 14 heavy (non-hydrogen) atoms. The number of unbranched alkanes of at least 4 members (excludes halogenated alkanes) is 4. The molecular formula is C14H28. The Kier molecular flexibility index (Phi) is 4.47. The molecule has 2 atom stereocenters. The third-order valence-corrected chi connectivity index (χ3v) is 3.71. The summed E-state index contributed by atoms with van der Waals surface area (Å²) in [5.74, 6) is 2.12. The van der Waals surface area contributed by atoms with Gasteiger partial charge >= 0.3 is 0 Å². The predicted octanol–water partition coefficient (Wildman–Crippen LogP) is 5.03.